The summed E-state index contributed by atoms with van der Waals surface area (Å²) < 4.78 is 5.46. The average Bonchev–Trinajstić information content (AvgIpc) is 2.94. The number of nitrogens with zero attached hydrogens (tertiary/aromatic N) is 1. The minimum atomic E-state index is -0.0197. The Balaban J connectivity index is 2.09. The summed E-state index contributed by atoms with van der Waals surface area (Å²) >= 11 is 1.50. The number of likely N-dealkylation sites (tertiary alicyclic amines) is 1. The minimum Gasteiger partial charge on any atom is -0.445 e. The third-order valence-corrected chi connectivity index (χ3v) is 3.87. The van der Waals surface area contributed by atoms with E-state index in [1.165, 1.54) is 11.8 Å². The van der Waals surface area contributed by atoms with Crippen molar-refractivity contribution in [3.05, 3.63) is 17.9 Å². The lowest BCUT2D eigenvalue weighted by molar-refractivity contribution is 0.0705. The Hall–Kier alpha value is -0.940. The molecule has 17 heavy (non-hydrogen) atoms. The fourth-order valence-corrected chi connectivity index (χ4v) is 2.66. The molecule has 1 amide bonds. The van der Waals surface area contributed by atoms with Crippen molar-refractivity contribution >= 4 is 17.7 Å². The van der Waals surface area contributed by atoms with E-state index in [1.54, 1.807) is 6.07 Å². The van der Waals surface area contributed by atoms with Crippen LogP contribution in [0.25, 0.3) is 0 Å². The molecular weight excluding hydrogens is 236 g/mol. The van der Waals surface area contributed by atoms with Crippen LogP contribution in [0, 0.1) is 5.92 Å². The number of rotatable bonds is 3. The van der Waals surface area contributed by atoms with E-state index in [0.29, 0.717) is 18.2 Å². The first-order chi connectivity index (χ1) is 8.15. The van der Waals surface area contributed by atoms with Gasteiger partial charge < -0.3 is 15.1 Å². The molecule has 2 atom stereocenters. The fourth-order valence-electron chi connectivity index (χ4n) is 2.28. The maximum atomic E-state index is 12.2. The highest BCUT2D eigenvalue weighted by atomic mass is 32.2. The zero-order chi connectivity index (χ0) is 12.4. The van der Waals surface area contributed by atoms with Crippen molar-refractivity contribution in [3.8, 4) is 0 Å². The van der Waals surface area contributed by atoms with Crippen LogP contribution in [0.1, 0.15) is 23.9 Å². The number of hydrogen-bond donors (Lipinski definition) is 1. The first-order valence-corrected chi connectivity index (χ1v) is 7.03. The van der Waals surface area contributed by atoms with Crippen LogP contribution in [0.3, 0.4) is 0 Å². The molecule has 2 rings (SSSR count). The lowest BCUT2D eigenvalue weighted by Crippen LogP contribution is -2.34. The third-order valence-electron chi connectivity index (χ3n) is 3.25. The van der Waals surface area contributed by atoms with Gasteiger partial charge in [-0.2, -0.15) is 0 Å². The maximum Gasteiger partial charge on any atom is 0.289 e. The standard InChI is InChI=1S/C12H18N2O2S/c1-8-5-9(6-13)7-14(8)12(15)10-3-4-11(16-10)17-2/h3-4,8-9H,5-7,13H2,1-2H3. The van der Waals surface area contributed by atoms with E-state index in [9.17, 15) is 4.79 Å². The van der Waals surface area contributed by atoms with Crippen LogP contribution in [0.2, 0.25) is 0 Å². The van der Waals surface area contributed by atoms with Crippen molar-refractivity contribution in [3.63, 3.8) is 0 Å². The summed E-state index contributed by atoms with van der Waals surface area (Å²) in [6.45, 7) is 3.44. The number of amides is 1. The van der Waals surface area contributed by atoms with Gasteiger partial charge in [0.1, 0.15) is 0 Å². The van der Waals surface area contributed by atoms with Gasteiger partial charge in [-0.3, -0.25) is 4.79 Å². The average molecular weight is 254 g/mol. The number of nitrogens with two attached hydrogens (primary N) is 1. The molecule has 2 unspecified atom stereocenters. The van der Waals surface area contributed by atoms with Gasteiger partial charge in [-0.15, -0.1) is 0 Å². The second-order valence-electron chi connectivity index (χ2n) is 4.47. The molecule has 0 aliphatic carbocycles. The van der Waals surface area contributed by atoms with Crippen molar-refractivity contribution in [2.75, 3.05) is 19.3 Å². The Morgan fingerprint density at radius 3 is 2.94 bits per heavy atom. The maximum absolute atomic E-state index is 12.2. The second kappa shape index (κ2) is 5.14. The third kappa shape index (κ3) is 2.50. The molecule has 1 aliphatic rings. The van der Waals surface area contributed by atoms with E-state index in [4.69, 9.17) is 10.2 Å². The summed E-state index contributed by atoms with van der Waals surface area (Å²) in [5.41, 5.74) is 5.66. The topological polar surface area (TPSA) is 59.5 Å². The summed E-state index contributed by atoms with van der Waals surface area (Å²) in [7, 11) is 0. The first-order valence-electron chi connectivity index (χ1n) is 5.80. The van der Waals surface area contributed by atoms with E-state index in [0.717, 1.165) is 18.1 Å². The number of thioether (sulfide) groups is 1. The van der Waals surface area contributed by atoms with Crippen LogP contribution in [0.4, 0.5) is 0 Å². The summed E-state index contributed by atoms with van der Waals surface area (Å²) in [5, 5.41) is 0.774. The predicted octanol–water partition coefficient (Wildman–Crippen LogP) is 1.81. The Morgan fingerprint density at radius 2 is 2.41 bits per heavy atom. The van der Waals surface area contributed by atoms with Crippen LogP contribution in [-0.2, 0) is 0 Å². The Labute approximate surface area is 106 Å². The lowest BCUT2D eigenvalue weighted by Gasteiger charge is -2.19. The molecular formula is C12H18N2O2S. The highest BCUT2D eigenvalue weighted by Gasteiger charge is 2.33. The van der Waals surface area contributed by atoms with E-state index >= 15 is 0 Å². The number of hydrogen-bond acceptors (Lipinski definition) is 4. The minimum absolute atomic E-state index is 0.0197. The van der Waals surface area contributed by atoms with Crippen molar-refractivity contribution in [1.82, 2.24) is 4.90 Å². The van der Waals surface area contributed by atoms with Crippen LogP contribution >= 0.6 is 11.8 Å². The van der Waals surface area contributed by atoms with Gasteiger partial charge >= 0.3 is 0 Å². The number of carbonyl (C=O) groups is 1. The van der Waals surface area contributed by atoms with Gasteiger partial charge in [0.15, 0.2) is 10.9 Å². The molecule has 0 saturated carbocycles. The molecule has 1 saturated heterocycles. The molecule has 0 spiro atoms. The molecule has 5 heteroatoms. The van der Waals surface area contributed by atoms with Gasteiger partial charge in [0.25, 0.3) is 5.91 Å². The van der Waals surface area contributed by atoms with Crippen LogP contribution in [-0.4, -0.2) is 36.2 Å². The molecule has 1 fully saturated rings. The van der Waals surface area contributed by atoms with Crippen molar-refractivity contribution in [2.24, 2.45) is 11.7 Å². The Kier molecular flexibility index (Phi) is 3.79. The molecule has 0 aromatic carbocycles. The largest absolute Gasteiger partial charge is 0.445 e. The molecule has 4 nitrogen and oxygen atoms in total. The zero-order valence-electron chi connectivity index (χ0n) is 10.2. The van der Waals surface area contributed by atoms with Crippen LogP contribution in [0.5, 0.6) is 0 Å². The highest BCUT2D eigenvalue weighted by molar-refractivity contribution is 7.98. The monoisotopic (exact) mass is 254 g/mol. The van der Waals surface area contributed by atoms with Crippen molar-refractivity contribution in [2.45, 2.75) is 24.5 Å². The summed E-state index contributed by atoms with van der Waals surface area (Å²) in [6.07, 6.45) is 2.91. The van der Waals surface area contributed by atoms with Crippen molar-refractivity contribution < 1.29 is 9.21 Å². The Morgan fingerprint density at radius 1 is 1.65 bits per heavy atom. The van der Waals surface area contributed by atoms with Gasteiger partial charge in [0, 0.05) is 12.6 Å². The molecule has 94 valence electrons. The number of carbonyl (C=O) groups excluding carboxylic acids is 1. The van der Waals surface area contributed by atoms with Crippen LogP contribution in [0.15, 0.2) is 21.6 Å². The molecule has 0 bridgehead atoms. The van der Waals surface area contributed by atoms with Gasteiger partial charge in [-0.1, -0.05) is 11.8 Å². The van der Waals surface area contributed by atoms with E-state index < -0.39 is 0 Å². The highest BCUT2D eigenvalue weighted by Crippen LogP contribution is 2.26. The summed E-state index contributed by atoms with van der Waals surface area (Å²) in [4.78, 5) is 14.1. The molecule has 1 aromatic heterocycles. The number of furan rings is 1. The molecule has 1 aliphatic heterocycles. The van der Waals surface area contributed by atoms with Crippen LogP contribution < -0.4 is 5.73 Å². The second-order valence-corrected chi connectivity index (χ2v) is 5.28. The molecule has 2 N–H and O–H groups in total. The van der Waals surface area contributed by atoms with Gasteiger partial charge in [0.05, 0.1) is 0 Å². The quantitative estimate of drug-likeness (QED) is 0.836. The molecule has 1 aromatic rings. The van der Waals surface area contributed by atoms with E-state index in [1.807, 2.05) is 17.2 Å². The van der Waals surface area contributed by atoms with Gasteiger partial charge in [0.2, 0.25) is 0 Å². The molecule has 0 radical (unpaired) electrons. The Bertz CT molecular complexity index is 405. The first kappa shape index (κ1) is 12.5. The van der Waals surface area contributed by atoms with Crippen molar-refractivity contribution in [1.29, 1.82) is 0 Å². The lowest BCUT2D eigenvalue weighted by atomic mass is 10.1. The summed E-state index contributed by atoms with van der Waals surface area (Å²) in [6, 6.07) is 3.83. The smallest absolute Gasteiger partial charge is 0.289 e. The van der Waals surface area contributed by atoms with E-state index in [2.05, 4.69) is 6.92 Å². The fraction of sp³-hybridized carbons (Fsp3) is 0.583. The van der Waals surface area contributed by atoms with E-state index in [-0.39, 0.29) is 11.9 Å². The van der Waals surface area contributed by atoms with Gasteiger partial charge in [-0.05, 0) is 44.2 Å². The zero-order valence-corrected chi connectivity index (χ0v) is 11.0. The van der Waals surface area contributed by atoms with Gasteiger partial charge in [-0.25, -0.2) is 0 Å². The summed E-state index contributed by atoms with van der Waals surface area (Å²) in [5.74, 6) is 0.830. The SMILES string of the molecule is CSc1ccc(C(=O)N2CC(CN)CC2C)o1. The predicted molar refractivity (Wildman–Crippen MR) is 68.1 cm³/mol. The normalized spacial score (nSPS) is 24.3. The molecule has 2 heterocycles.